The molecule has 0 amide bonds. The zero-order valence-corrected chi connectivity index (χ0v) is 12.1. The fraction of sp³-hybridized carbons (Fsp3) is 0.316. The highest BCUT2D eigenvalue weighted by molar-refractivity contribution is 5.93. The number of benzene rings is 2. The number of aliphatic imine (C=N–C) groups is 1. The summed E-state index contributed by atoms with van der Waals surface area (Å²) in [5.74, 6) is 0.917. The van der Waals surface area contributed by atoms with E-state index in [0.717, 1.165) is 25.3 Å². The van der Waals surface area contributed by atoms with E-state index in [9.17, 15) is 0 Å². The van der Waals surface area contributed by atoms with Gasteiger partial charge in [-0.3, -0.25) is 4.99 Å². The van der Waals surface area contributed by atoms with Gasteiger partial charge in [-0.25, -0.2) is 0 Å². The van der Waals surface area contributed by atoms with Gasteiger partial charge in [-0.2, -0.15) is 0 Å². The van der Waals surface area contributed by atoms with Crippen LogP contribution in [0.15, 0.2) is 59.6 Å². The number of hydrogen-bond acceptors (Lipinski definition) is 2. The Morgan fingerprint density at radius 1 is 0.952 bits per heavy atom. The number of nitrogens with zero attached hydrogens (tertiary/aromatic N) is 1. The van der Waals surface area contributed by atoms with Gasteiger partial charge in [0.05, 0.1) is 12.0 Å². The normalized spacial score (nSPS) is 24.1. The first-order chi connectivity index (χ1) is 10.4. The molecule has 0 saturated heterocycles. The summed E-state index contributed by atoms with van der Waals surface area (Å²) < 4.78 is 5.96. The van der Waals surface area contributed by atoms with Crippen LogP contribution in [0.1, 0.15) is 29.5 Å². The van der Waals surface area contributed by atoms with Gasteiger partial charge in [-0.15, -0.1) is 0 Å². The molecule has 2 aliphatic rings. The summed E-state index contributed by atoms with van der Waals surface area (Å²) >= 11 is 0. The van der Waals surface area contributed by atoms with E-state index in [1.807, 2.05) is 0 Å². The average Bonchev–Trinajstić information content (AvgIpc) is 3.10. The monoisotopic (exact) mass is 277 g/mol. The third-order valence-electron chi connectivity index (χ3n) is 4.69. The lowest BCUT2D eigenvalue weighted by Gasteiger charge is -2.39. The summed E-state index contributed by atoms with van der Waals surface area (Å²) in [7, 11) is 0. The Kier molecular flexibility index (Phi) is 3.03. The summed E-state index contributed by atoms with van der Waals surface area (Å²) in [6.45, 7) is 1.50. The van der Waals surface area contributed by atoms with Gasteiger partial charge in [0.25, 0.3) is 0 Å². The van der Waals surface area contributed by atoms with E-state index in [4.69, 9.17) is 9.73 Å². The first kappa shape index (κ1) is 12.6. The van der Waals surface area contributed by atoms with E-state index >= 15 is 0 Å². The van der Waals surface area contributed by atoms with E-state index in [2.05, 4.69) is 54.6 Å². The third kappa shape index (κ3) is 1.90. The van der Waals surface area contributed by atoms with Gasteiger partial charge in [0.1, 0.15) is 6.61 Å². The lowest BCUT2D eigenvalue weighted by atomic mass is 9.65. The van der Waals surface area contributed by atoms with E-state index < -0.39 is 0 Å². The highest BCUT2D eigenvalue weighted by atomic mass is 16.5. The fourth-order valence-electron chi connectivity index (χ4n) is 3.79. The highest BCUT2D eigenvalue weighted by Crippen LogP contribution is 2.44. The van der Waals surface area contributed by atoms with Crippen molar-refractivity contribution in [3.8, 4) is 0 Å². The Balaban J connectivity index is 1.98. The van der Waals surface area contributed by atoms with Crippen LogP contribution in [0.5, 0.6) is 0 Å². The maximum atomic E-state index is 5.96. The van der Waals surface area contributed by atoms with Crippen LogP contribution in [0.4, 0.5) is 0 Å². The molecule has 2 aromatic carbocycles. The minimum Gasteiger partial charge on any atom is -0.478 e. The Morgan fingerprint density at radius 2 is 1.76 bits per heavy atom. The number of hydrogen-bond donors (Lipinski definition) is 0. The molecule has 1 heterocycles. The molecule has 1 unspecified atom stereocenters. The zero-order chi connectivity index (χ0) is 14.1. The van der Waals surface area contributed by atoms with Crippen LogP contribution in [-0.4, -0.2) is 19.0 Å². The van der Waals surface area contributed by atoms with E-state index in [1.54, 1.807) is 0 Å². The van der Waals surface area contributed by atoms with Crippen LogP contribution >= 0.6 is 0 Å². The highest BCUT2D eigenvalue weighted by Gasteiger charge is 2.45. The van der Waals surface area contributed by atoms with Crippen molar-refractivity contribution in [3.05, 3.63) is 71.3 Å². The Labute approximate surface area is 125 Å². The van der Waals surface area contributed by atoms with E-state index in [-0.39, 0.29) is 5.41 Å². The van der Waals surface area contributed by atoms with Crippen LogP contribution < -0.4 is 0 Å². The second kappa shape index (κ2) is 5.03. The first-order valence-electron chi connectivity index (χ1n) is 7.73. The molecular weight excluding hydrogens is 258 g/mol. The van der Waals surface area contributed by atoms with Crippen LogP contribution in [0, 0.1) is 0 Å². The topological polar surface area (TPSA) is 21.6 Å². The van der Waals surface area contributed by atoms with Crippen molar-refractivity contribution in [1.29, 1.82) is 0 Å². The van der Waals surface area contributed by atoms with Crippen LogP contribution in [-0.2, 0) is 16.6 Å². The van der Waals surface area contributed by atoms with Gasteiger partial charge in [0.2, 0.25) is 0 Å². The van der Waals surface area contributed by atoms with Crippen molar-refractivity contribution < 1.29 is 4.74 Å². The molecule has 1 aliphatic carbocycles. The van der Waals surface area contributed by atoms with Crippen LogP contribution in [0.25, 0.3) is 0 Å². The predicted octanol–water partition coefficient (Wildman–Crippen LogP) is 3.74. The van der Waals surface area contributed by atoms with Crippen molar-refractivity contribution in [2.75, 3.05) is 13.2 Å². The SMILES string of the molecule is c1ccc(C2(C3=NCCO3)CCCc3ccccc32)cc1. The maximum Gasteiger partial charge on any atom is 0.198 e. The molecule has 0 N–H and O–H groups in total. The molecule has 1 atom stereocenters. The van der Waals surface area contributed by atoms with Gasteiger partial charge < -0.3 is 4.74 Å². The summed E-state index contributed by atoms with van der Waals surface area (Å²) in [6.07, 6.45) is 3.40. The molecular formula is C19H19NO. The van der Waals surface area contributed by atoms with Crippen LogP contribution in [0.2, 0.25) is 0 Å². The molecule has 2 aromatic rings. The number of fused-ring (bicyclic) bond motifs is 1. The molecule has 4 rings (SSSR count). The summed E-state index contributed by atoms with van der Waals surface area (Å²) in [5.41, 5.74) is 3.93. The van der Waals surface area contributed by atoms with Gasteiger partial charge in [0, 0.05) is 0 Å². The first-order valence-corrected chi connectivity index (χ1v) is 7.73. The summed E-state index contributed by atoms with van der Waals surface area (Å²) in [5, 5.41) is 0. The second-order valence-electron chi connectivity index (χ2n) is 5.82. The molecule has 21 heavy (non-hydrogen) atoms. The largest absolute Gasteiger partial charge is 0.478 e. The zero-order valence-electron chi connectivity index (χ0n) is 12.1. The van der Waals surface area contributed by atoms with E-state index in [1.165, 1.54) is 23.1 Å². The lowest BCUT2D eigenvalue weighted by molar-refractivity contribution is 0.310. The standard InChI is InChI=1S/C19H19NO/c1-2-9-16(10-3-1)19(18-20-13-14-21-18)12-6-8-15-7-4-5-11-17(15)19/h1-5,7,9-11H,6,8,12-14H2. The van der Waals surface area contributed by atoms with Crippen molar-refractivity contribution in [2.45, 2.75) is 24.7 Å². The smallest absolute Gasteiger partial charge is 0.198 e. The molecule has 1 aliphatic heterocycles. The molecule has 0 radical (unpaired) electrons. The number of ether oxygens (including phenoxy) is 1. The van der Waals surface area contributed by atoms with Crippen molar-refractivity contribution in [3.63, 3.8) is 0 Å². The minimum absolute atomic E-state index is 0.188. The Hall–Kier alpha value is -2.09. The Bertz CT molecular complexity index is 677. The predicted molar refractivity (Wildman–Crippen MR) is 84.9 cm³/mol. The molecule has 0 aromatic heterocycles. The molecule has 0 saturated carbocycles. The minimum atomic E-state index is -0.188. The van der Waals surface area contributed by atoms with Gasteiger partial charge in [0.15, 0.2) is 5.90 Å². The van der Waals surface area contributed by atoms with Crippen LogP contribution in [0.3, 0.4) is 0 Å². The molecule has 2 heteroatoms. The van der Waals surface area contributed by atoms with Crippen molar-refractivity contribution in [1.82, 2.24) is 0 Å². The number of rotatable bonds is 2. The molecule has 2 nitrogen and oxygen atoms in total. The van der Waals surface area contributed by atoms with Gasteiger partial charge in [-0.05, 0) is 36.0 Å². The molecule has 0 bridgehead atoms. The molecule has 106 valence electrons. The second-order valence-corrected chi connectivity index (χ2v) is 5.82. The summed E-state index contributed by atoms with van der Waals surface area (Å²) in [4.78, 5) is 4.70. The number of aryl methyl sites for hydroxylation is 1. The van der Waals surface area contributed by atoms with Crippen molar-refractivity contribution >= 4 is 5.90 Å². The van der Waals surface area contributed by atoms with Gasteiger partial charge >= 0.3 is 0 Å². The molecule has 0 fully saturated rings. The third-order valence-corrected chi connectivity index (χ3v) is 4.69. The molecule has 0 spiro atoms. The van der Waals surface area contributed by atoms with E-state index in [0.29, 0.717) is 6.61 Å². The maximum absolute atomic E-state index is 5.96. The quantitative estimate of drug-likeness (QED) is 0.819. The average molecular weight is 277 g/mol. The Morgan fingerprint density at radius 3 is 2.57 bits per heavy atom. The van der Waals surface area contributed by atoms with Gasteiger partial charge in [-0.1, -0.05) is 54.6 Å². The fourth-order valence-corrected chi connectivity index (χ4v) is 3.79. The lowest BCUT2D eigenvalue weighted by Crippen LogP contribution is -2.40. The summed E-state index contributed by atoms with van der Waals surface area (Å²) in [6, 6.07) is 19.5. The van der Waals surface area contributed by atoms with Crippen molar-refractivity contribution in [2.24, 2.45) is 4.99 Å².